The molecule has 3 rings (SSSR count). The first-order chi connectivity index (χ1) is 11.1. The summed E-state index contributed by atoms with van der Waals surface area (Å²) in [4.78, 5) is 11.7. The Morgan fingerprint density at radius 1 is 1.30 bits per heavy atom. The van der Waals surface area contributed by atoms with Gasteiger partial charge in [0, 0.05) is 12.1 Å². The molecular weight excluding hydrogens is 290 g/mol. The first kappa shape index (κ1) is 16.1. The van der Waals surface area contributed by atoms with Crippen LogP contribution >= 0.6 is 0 Å². The summed E-state index contributed by atoms with van der Waals surface area (Å²) in [5.41, 5.74) is 8.39. The smallest absolute Gasteiger partial charge is 0.336 e. The van der Waals surface area contributed by atoms with Crippen LogP contribution in [0.5, 0.6) is 5.75 Å². The van der Waals surface area contributed by atoms with Gasteiger partial charge in [0.25, 0.3) is 0 Å². The molecular formula is C19H25NO3. The van der Waals surface area contributed by atoms with Crippen molar-refractivity contribution >= 4 is 11.0 Å². The Bertz CT molecular complexity index is 750. The second-order valence-electron chi connectivity index (χ2n) is 6.68. The minimum Gasteiger partial charge on any atom is -0.493 e. The van der Waals surface area contributed by atoms with Crippen molar-refractivity contribution in [1.29, 1.82) is 0 Å². The summed E-state index contributed by atoms with van der Waals surface area (Å²) in [6, 6.07) is 5.81. The summed E-state index contributed by atoms with van der Waals surface area (Å²) < 4.78 is 11.5. The highest BCUT2D eigenvalue weighted by Crippen LogP contribution is 2.31. The van der Waals surface area contributed by atoms with E-state index in [1.807, 2.05) is 26.0 Å². The Kier molecular flexibility index (Phi) is 4.71. The molecule has 1 fully saturated rings. The van der Waals surface area contributed by atoms with E-state index in [-0.39, 0.29) is 5.63 Å². The number of nitrogens with two attached hydrogens (primary N) is 1. The Morgan fingerprint density at radius 2 is 2.13 bits per heavy atom. The molecule has 1 aliphatic carbocycles. The predicted octanol–water partition coefficient (Wildman–Crippen LogP) is 3.56. The third-order valence-electron chi connectivity index (χ3n) is 4.71. The second-order valence-corrected chi connectivity index (χ2v) is 6.68. The van der Waals surface area contributed by atoms with Gasteiger partial charge in [-0.1, -0.05) is 13.3 Å². The van der Waals surface area contributed by atoms with Gasteiger partial charge in [0.1, 0.15) is 11.3 Å². The van der Waals surface area contributed by atoms with Crippen molar-refractivity contribution in [1.82, 2.24) is 0 Å². The van der Waals surface area contributed by atoms with E-state index in [4.69, 9.17) is 14.9 Å². The summed E-state index contributed by atoms with van der Waals surface area (Å²) in [5, 5.41) is 0.929. The zero-order valence-corrected chi connectivity index (χ0v) is 13.9. The molecule has 1 aliphatic rings. The van der Waals surface area contributed by atoms with E-state index in [0.29, 0.717) is 24.1 Å². The lowest BCUT2D eigenvalue weighted by Gasteiger charge is -2.26. The molecule has 2 atom stereocenters. The fraction of sp³-hybridized carbons (Fsp3) is 0.526. The third kappa shape index (κ3) is 3.58. The number of aryl methyl sites for hydroxylation is 2. The molecule has 1 aromatic heterocycles. The van der Waals surface area contributed by atoms with Crippen molar-refractivity contribution in [3.63, 3.8) is 0 Å². The Hall–Kier alpha value is -1.81. The summed E-state index contributed by atoms with van der Waals surface area (Å²) in [7, 11) is 0. The summed E-state index contributed by atoms with van der Waals surface area (Å²) in [6.45, 7) is 4.70. The molecule has 0 bridgehead atoms. The van der Waals surface area contributed by atoms with Crippen molar-refractivity contribution in [2.45, 2.75) is 52.0 Å². The molecule has 23 heavy (non-hydrogen) atoms. The fourth-order valence-electron chi connectivity index (χ4n) is 3.55. The third-order valence-corrected chi connectivity index (χ3v) is 4.71. The average Bonchev–Trinajstić information content (AvgIpc) is 2.51. The van der Waals surface area contributed by atoms with Gasteiger partial charge in [0.05, 0.1) is 12.0 Å². The molecule has 0 unspecified atom stereocenters. The lowest BCUT2D eigenvalue weighted by molar-refractivity contribution is 0.199. The van der Waals surface area contributed by atoms with Gasteiger partial charge in [-0.05, 0) is 61.8 Å². The molecule has 0 aliphatic heterocycles. The minimum absolute atomic E-state index is 0.302. The first-order valence-electron chi connectivity index (χ1n) is 8.52. The zero-order chi connectivity index (χ0) is 16.4. The van der Waals surface area contributed by atoms with Crippen molar-refractivity contribution in [3.05, 3.63) is 39.7 Å². The van der Waals surface area contributed by atoms with Gasteiger partial charge < -0.3 is 14.9 Å². The molecule has 4 nitrogen and oxygen atoms in total. The Labute approximate surface area is 136 Å². The fourth-order valence-corrected chi connectivity index (χ4v) is 3.55. The molecule has 0 spiro atoms. The Morgan fingerprint density at radius 3 is 2.87 bits per heavy atom. The molecule has 1 saturated carbocycles. The Balaban J connectivity index is 1.91. The quantitative estimate of drug-likeness (QED) is 0.876. The maximum absolute atomic E-state index is 11.7. The van der Waals surface area contributed by atoms with Gasteiger partial charge in [-0.3, -0.25) is 0 Å². The average molecular weight is 315 g/mol. The van der Waals surface area contributed by atoms with E-state index >= 15 is 0 Å². The highest BCUT2D eigenvalue weighted by molar-refractivity contribution is 5.87. The highest BCUT2D eigenvalue weighted by Gasteiger charge is 2.20. The van der Waals surface area contributed by atoms with Gasteiger partial charge in [-0.15, -0.1) is 0 Å². The van der Waals surface area contributed by atoms with Crippen molar-refractivity contribution in [2.24, 2.45) is 11.7 Å². The van der Waals surface area contributed by atoms with Crippen LogP contribution < -0.4 is 16.1 Å². The standard InChI is InChI=1S/C19H25NO3/c1-3-14-10-18(21)23-17-8-12(2)7-16(19(14)17)22-11-13-5-4-6-15(20)9-13/h7-8,10,13,15H,3-6,9,11,20H2,1-2H3/t13-,15-/m0/s1. The van der Waals surface area contributed by atoms with Crippen LogP contribution in [0.4, 0.5) is 0 Å². The van der Waals surface area contributed by atoms with Gasteiger partial charge in [0.15, 0.2) is 0 Å². The largest absolute Gasteiger partial charge is 0.493 e. The molecule has 2 aromatic rings. The van der Waals surface area contributed by atoms with Crippen LogP contribution in [-0.2, 0) is 6.42 Å². The van der Waals surface area contributed by atoms with Crippen LogP contribution in [-0.4, -0.2) is 12.6 Å². The lowest BCUT2D eigenvalue weighted by Crippen LogP contribution is -2.30. The van der Waals surface area contributed by atoms with E-state index in [1.165, 1.54) is 12.8 Å². The molecule has 124 valence electrons. The summed E-state index contributed by atoms with van der Waals surface area (Å²) in [5.74, 6) is 1.33. The number of benzene rings is 1. The first-order valence-corrected chi connectivity index (χ1v) is 8.52. The van der Waals surface area contributed by atoms with Gasteiger partial charge in [0.2, 0.25) is 0 Å². The second kappa shape index (κ2) is 6.75. The van der Waals surface area contributed by atoms with Crippen molar-refractivity contribution < 1.29 is 9.15 Å². The van der Waals surface area contributed by atoms with Crippen molar-refractivity contribution in [2.75, 3.05) is 6.61 Å². The van der Waals surface area contributed by atoms with Gasteiger partial charge >= 0.3 is 5.63 Å². The molecule has 2 N–H and O–H groups in total. The molecule has 0 radical (unpaired) electrons. The number of hydrogen-bond acceptors (Lipinski definition) is 4. The molecule has 4 heteroatoms. The van der Waals surface area contributed by atoms with Gasteiger partial charge in [-0.25, -0.2) is 4.79 Å². The van der Waals surface area contributed by atoms with E-state index in [0.717, 1.165) is 41.5 Å². The zero-order valence-electron chi connectivity index (χ0n) is 13.9. The molecule has 1 aromatic carbocycles. The number of fused-ring (bicyclic) bond motifs is 1. The van der Waals surface area contributed by atoms with E-state index in [1.54, 1.807) is 6.07 Å². The number of ether oxygens (including phenoxy) is 1. The van der Waals surface area contributed by atoms with E-state index in [9.17, 15) is 4.79 Å². The summed E-state index contributed by atoms with van der Waals surface area (Å²) >= 11 is 0. The number of rotatable bonds is 4. The maximum atomic E-state index is 11.7. The maximum Gasteiger partial charge on any atom is 0.336 e. The minimum atomic E-state index is -0.302. The van der Waals surface area contributed by atoms with Crippen LogP contribution in [0.2, 0.25) is 0 Å². The van der Waals surface area contributed by atoms with Gasteiger partial charge in [-0.2, -0.15) is 0 Å². The van der Waals surface area contributed by atoms with Crippen LogP contribution in [0.25, 0.3) is 11.0 Å². The lowest BCUT2D eigenvalue weighted by atomic mass is 9.87. The monoisotopic (exact) mass is 315 g/mol. The predicted molar refractivity (Wildman–Crippen MR) is 92.0 cm³/mol. The molecule has 1 heterocycles. The number of hydrogen-bond donors (Lipinski definition) is 1. The van der Waals surface area contributed by atoms with Crippen LogP contribution in [0, 0.1) is 12.8 Å². The highest BCUT2D eigenvalue weighted by atomic mass is 16.5. The van der Waals surface area contributed by atoms with E-state index in [2.05, 4.69) is 0 Å². The molecule has 0 saturated heterocycles. The van der Waals surface area contributed by atoms with E-state index < -0.39 is 0 Å². The topological polar surface area (TPSA) is 65.5 Å². The summed E-state index contributed by atoms with van der Waals surface area (Å²) in [6.07, 6.45) is 5.27. The van der Waals surface area contributed by atoms with Crippen LogP contribution in [0.1, 0.15) is 43.7 Å². The van der Waals surface area contributed by atoms with Crippen LogP contribution in [0.3, 0.4) is 0 Å². The normalized spacial score (nSPS) is 21.5. The SMILES string of the molecule is CCc1cc(=O)oc2cc(C)cc(OC[C@H]3CCC[C@H](N)C3)c12. The van der Waals surface area contributed by atoms with Crippen LogP contribution in [0.15, 0.2) is 27.4 Å². The van der Waals surface area contributed by atoms with Crippen molar-refractivity contribution in [3.8, 4) is 5.75 Å². The molecule has 0 amide bonds.